The van der Waals surface area contributed by atoms with Gasteiger partial charge in [0.05, 0.1) is 17.2 Å². The van der Waals surface area contributed by atoms with Gasteiger partial charge in [-0.15, -0.1) is 23.1 Å². The molecule has 17 heavy (non-hydrogen) atoms. The fraction of sp³-hybridized carbons (Fsp3) is 0.273. The molecule has 0 saturated carbocycles. The molecular formula is C11H12N2O2S2. The summed E-state index contributed by atoms with van der Waals surface area (Å²) in [5, 5.41) is 2.64. The normalized spacial score (nSPS) is 12.5. The summed E-state index contributed by atoms with van der Waals surface area (Å²) in [5.41, 5.74) is 6.13. The molecule has 4 nitrogen and oxygen atoms in total. The van der Waals surface area contributed by atoms with Gasteiger partial charge in [0.2, 0.25) is 5.91 Å². The quantitative estimate of drug-likeness (QED) is 0.904. The van der Waals surface area contributed by atoms with Gasteiger partial charge < -0.3 is 10.2 Å². The molecule has 6 heteroatoms. The number of carbonyl (C=O) groups excluding carboxylic acids is 1. The number of carbonyl (C=O) groups is 1. The van der Waals surface area contributed by atoms with E-state index in [-0.39, 0.29) is 11.2 Å². The Labute approximate surface area is 107 Å². The summed E-state index contributed by atoms with van der Waals surface area (Å²) in [6.45, 7) is 1.80. The van der Waals surface area contributed by atoms with Crippen molar-refractivity contribution in [2.75, 3.05) is 0 Å². The van der Waals surface area contributed by atoms with Crippen molar-refractivity contribution in [1.82, 2.24) is 4.98 Å². The van der Waals surface area contributed by atoms with Gasteiger partial charge in [0.1, 0.15) is 0 Å². The van der Waals surface area contributed by atoms with E-state index in [2.05, 4.69) is 4.98 Å². The number of amides is 1. The molecular weight excluding hydrogens is 256 g/mol. The molecule has 2 aromatic rings. The van der Waals surface area contributed by atoms with Crippen molar-refractivity contribution >= 4 is 29.0 Å². The molecule has 1 unspecified atom stereocenters. The number of nitrogens with zero attached hydrogens (tertiary/aromatic N) is 1. The summed E-state index contributed by atoms with van der Waals surface area (Å²) < 4.78 is 5.26. The molecule has 0 aliphatic carbocycles. The van der Waals surface area contributed by atoms with E-state index < -0.39 is 0 Å². The lowest BCUT2D eigenvalue weighted by Crippen LogP contribution is -2.22. The standard InChI is InChI=1S/C11H12N2O2S2/c1-7(10(12)14)16-5-8-6-17-11(13-8)9-3-2-4-15-9/h2-4,6-7H,5H2,1H3,(H2,12,14). The molecule has 2 rings (SSSR count). The second-order valence-electron chi connectivity index (χ2n) is 3.48. The third kappa shape index (κ3) is 3.10. The predicted molar refractivity (Wildman–Crippen MR) is 69.8 cm³/mol. The molecule has 2 heterocycles. The third-order valence-corrected chi connectivity index (χ3v) is 4.27. The first-order chi connectivity index (χ1) is 8.16. The molecule has 2 aromatic heterocycles. The van der Waals surface area contributed by atoms with E-state index >= 15 is 0 Å². The average Bonchev–Trinajstić information content (AvgIpc) is 2.95. The lowest BCUT2D eigenvalue weighted by molar-refractivity contribution is -0.117. The summed E-state index contributed by atoms with van der Waals surface area (Å²) >= 11 is 3.02. The minimum Gasteiger partial charge on any atom is -0.462 e. The molecule has 0 aliphatic heterocycles. The Hall–Kier alpha value is -1.27. The number of hydrogen-bond acceptors (Lipinski definition) is 5. The van der Waals surface area contributed by atoms with Crippen LogP contribution in [0, 0.1) is 0 Å². The van der Waals surface area contributed by atoms with Gasteiger partial charge in [-0.2, -0.15) is 0 Å². The maximum absolute atomic E-state index is 10.9. The number of rotatable bonds is 5. The van der Waals surface area contributed by atoms with Crippen LogP contribution in [0.1, 0.15) is 12.6 Å². The molecule has 0 aliphatic rings. The summed E-state index contributed by atoms with van der Waals surface area (Å²) in [7, 11) is 0. The van der Waals surface area contributed by atoms with Crippen LogP contribution in [0.5, 0.6) is 0 Å². The Morgan fingerprint density at radius 2 is 2.53 bits per heavy atom. The molecule has 0 fully saturated rings. The average molecular weight is 268 g/mol. The number of primary amides is 1. The Bertz CT molecular complexity index is 493. The zero-order chi connectivity index (χ0) is 12.3. The van der Waals surface area contributed by atoms with Gasteiger partial charge in [0, 0.05) is 11.1 Å². The zero-order valence-corrected chi connectivity index (χ0v) is 10.9. The molecule has 2 N–H and O–H groups in total. The SMILES string of the molecule is CC(SCc1csc(-c2ccco2)n1)C(N)=O. The molecule has 1 atom stereocenters. The van der Waals surface area contributed by atoms with Crippen LogP contribution in [0.4, 0.5) is 0 Å². The highest BCUT2D eigenvalue weighted by molar-refractivity contribution is 7.99. The summed E-state index contributed by atoms with van der Waals surface area (Å²) in [6, 6.07) is 3.71. The van der Waals surface area contributed by atoms with E-state index in [0.29, 0.717) is 5.75 Å². The van der Waals surface area contributed by atoms with E-state index in [9.17, 15) is 4.79 Å². The van der Waals surface area contributed by atoms with Gasteiger partial charge in [-0.05, 0) is 19.1 Å². The molecule has 1 amide bonds. The van der Waals surface area contributed by atoms with Crippen molar-refractivity contribution in [3.63, 3.8) is 0 Å². The number of thioether (sulfide) groups is 1. The fourth-order valence-corrected chi connectivity index (χ4v) is 2.80. The highest BCUT2D eigenvalue weighted by Crippen LogP contribution is 2.26. The molecule has 0 saturated heterocycles. The van der Waals surface area contributed by atoms with E-state index in [0.717, 1.165) is 16.5 Å². The summed E-state index contributed by atoms with van der Waals surface area (Å²) in [5.74, 6) is 1.16. The minimum atomic E-state index is -0.295. The van der Waals surface area contributed by atoms with Crippen LogP contribution in [-0.2, 0) is 10.5 Å². The first-order valence-corrected chi connectivity index (χ1v) is 6.99. The van der Waals surface area contributed by atoms with E-state index in [1.807, 2.05) is 17.5 Å². The maximum atomic E-state index is 10.9. The molecule has 90 valence electrons. The van der Waals surface area contributed by atoms with Crippen LogP contribution in [0.2, 0.25) is 0 Å². The molecule has 0 aromatic carbocycles. The number of aromatic nitrogens is 1. The van der Waals surface area contributed by atoms with Crippen LogP contribution in [-0.4, -0.2) is 16.1 Å². The van der Waals surface area contributed by atoms with Crippen LogP contribution in [0.3, 0.4) is 0 Å². The van der Waals surface area contributed by atoms with E-state index in [4.69, 9.17) is 10.2 Å². The number of thiazole rings is 1. The summed E-state index contributed by atoms with van der Waals surface area (Å²) in [4.78, 5) is 15.3. The van der Waals surface area contributed by atoms with Gasteiger partial charge in [-0.3, -0.25) is 4.79 Å². The first-order valence-electron chi connectivity index (χ1n) is 5.06. The van der Waals surface area contributed by atoms with E-state index in [1.165, 1.54) is 23.1 Å². The van der Waals surface area contributed by atoms with Crippen molar-refractivity contribution in [2.24, 2.45) is 5.73 Å². The molecule has 0 bridgehead atoms. The van der Waals surface area contributed by atoms with Gasteiger partial charge in [0.25, 0.3) is 0 Å². The van der Waals surface area contributed by atoms with Gasteiger partial charge in [-0.25, -0.2) is 4.98 Å². The monoisotopic (exact) mass is 268 g/mol. The van der Waals surface area contributed by atoms with Crippen LogP contribution >= 0.6 is 23.1 Å². The van der Waals surface area contributed by atoms with E-state index in [1.54, 1.807) is 13.2 Å². The van der Waals surface area contributed by atoms with Crippen molar-refractivity contribution in [3.8, 4) is 10.8 Å². The summed E-state index contributed by atoms with van der Waals surface area (Å²) in [6.07, 6.45) is 1.63. The van der Waals surface area contributed by atoms with Crippen LogP contribution in [0.15, 0.2) is 28.2 Å². The Kier molecular flexibility index (Phi) is 3.86. The van der Waals surface area contributed by atoms with Crippen molar-refractivity contribution in [3.05, 3.63) is 29.5 Å². The Balaban J connectivity index is 1.97. The van der Waals surface area contributed by atoms with Gasteiger partial charge >= 0.3 is 0 Å². The highest BCUT2D eigenvalue weighted by Gasteiger charge is 2.11. The van der Waals surface area contributed by atoms with Gasteiger partial charge in [0.15, 0.2) is 10.8 Å². The Morgan fingerprint density at radius 3 is 3.18 bits per heavy atom. The van der Waals surface area contributed by atoms with Crippen molar-refractivity contribution in [1.29, 1.82) is 0 Å². The lowest BCUT2D eigenvalue weighted by Gasteiger charge is -2.04. The number of furan rings is 1. The predicted octanol–water partition coefficient (Wildman–Crippen LogP) is 2.51. The lowest BCUT2D eigenvalue weighted by atomic mass is 10.4. The number of hydrogen-bond donors (Lipinski definition) is 1. The second-order valence-corrected chi connectivity index (χ2v) is 5.66. The smallest absolute Gasteiger partial charge is 0.230 e. The van der Waals surface area contributed by atoms with Crippen molar-refractivity contribution in [2.45, 2.75) is 17.9 Å². The highest BCUT2D eigenvalue weighted by atomic mass is 32.2. The van der Waals surface area contributed by atoms with Crippen LogP contribution in [0.25, 0.3) is 10.8 Å². The minimum absolute atomic E-state index is 0.191. The number of nitrogens with two attached hydrogens (primary N) is 1. The Morgan fingerprint density at radius 1 is 1.71 bits per heavy atom. The fourth-order valence-electron chi connectivity index (χ4n) is 1.18. The second kappa shape index (κ2) is 5.37. The zero-order valence-electron chi connectivity index (χ0n) is 9.25. The topological polar surface area (TPSA) is 69.1 Å². The first kappa shape index (κ1) is 12.2. The van der Waals surface area contributed by atoms with Gasteiger partial charge in [-0.1, -0.05) is 0 Å². The molecule has 0 radical (unpaired) electrons. The largest absolute Gasteiger partial charge is 0.462 e. The van der Waals surface area contributed by atoms with Crippen LogP contribution < -0.4 is 5.73 Å². The van der Waals surface area contributed by atoms with Crippen molar-refractivity contribution < 1.29 is 9.21 Å². The maximum Gasteiger partial charge on any atom is 0.230 e. The third-order valence-electron chi connectivity index (χ3n) is 2.17. The molecule has 0 spiro atoms.